The van der Waals surface area contributed by atoms with E-state index in [2.05, 4.69) is 34.8 Å². The fourth-order valence-electron chi connectivity index (χ4n) is 2.54. The quantitative estimate of drug-likeness (QED) is 0.828. The summed E-state index contributed by atoms with van der Waals surface area (Å²) in [6, 6.07) is 5.97. The van der Waals surface area contributed by atoms with Crippen molar-refractivity contribution in [2.45, 2.75) is 19.8 Å². The van der Waals surface area contributed by atoms with Gasteiger partial charge in [-0.15, -0.1) is 0 Å². The maximum absolute atomic E-state index is 12.4. The molecule has 0 radical (unpaired) electrons. The first-order valence-electron chi connectivity index (χ1n) is 6.82. The first-order valence-corrected chi connectivity index (χ1v) is 7.89. The summed E-state index contributed by atoms with van der Waals surface area (Å²) in [6.45, 7) is 4.90. The van der Waals surface area contributed by atoms with Crippen LogP contribution in [-0.4, -0.2) is 37.5 Å². The number of nitrogens with zero attached hydrogens (tertiary/aromatic N) is 1. The van der Waals surface area contributed by atoms with Crippen LogP contribution < -0.4 is 5.32 Å². The topological polar surface area (TPSA) is 32.3 Å². The van der Waals surface area contributed by atoms with Crippen LogP contribution in [0.25, 0.3) is 0 Å². The molecule has 0 spiro atoms. The van der Waals surface area contributed by atoms with Crippen LogP contribution >= 0.6 is 22.6 Å². The highest BCUT2D eigenvalue weighted by molar-refractivity contribution is 14.1. The van der Waals surface area contributed by atoms with Crippen molar-refractivity contribution >= 4 is 28.5 Å². The molecule has 1 aromatic rings. The number of amides is 1. The highest BCUT2D eigenvalue weighted by atomic mass is 127. The van der Waals surface area contributed by atoms with Gasteiger partial charge in [-0.1, -0.05) is 6.07 Å². The van der Waals surface area contributed by atoms with Gasteiger partial charge < -0.3 is 10.2 Å². The van der Waals surface area contributed by atoms with Crippen LogP contribution in [0.2, 0.25) is 0 Å². The Hall–Kier alpha value is -0.620. The van der Waals surface area contributed by atoms with E-state index in [0.717, 1.165) is 41.6 Å². The summed E-state index contributed by atoms with van der Waals surface area (Å²) in [7, 11) is 1.99. The summed E-state index contributed by atoms with van der Waals surface area (Å²) < 4.78 is 1.16. The number of hydrogen-bond acceptors (Lipinski definition) is 2. The molecule has 0 aromatic heterocycles. The van der Waals surface area contributed by atoms with Crippen LogP contribution in [0, 0.1) is 16.4 Å². The van der Waals surface area contributed by atoms with Crippen molar-refractivity contribution in [2.24, 2.45) is 5.92 Å². The van der Waals surface area contributed by atoms with Crippen LogP contribution in [0.4, 0.5) is 0 Å². The highest BCUT2D eigenvalue weighted by Gasteiger charge is 2.23. The van der Waals surface area contributed by atoms with Crippen molar-refractivity contribution < 1.29 is 4.79 Å². The van der Waals surface area contributed by atoms with E-state index in [1.807, 2.05) is 30.1 Å². The lowest BCUT2D eigenvalue weighted by molar-refractivity contribution is 0.0691. The summed E-state index contributed by atoms with van der Waals surface area (Å²) in [5.41, 5.74) is 2.05. The van der Waals surface area contributed by atoms with Gasteiger partial charge in [0, 0.05) is 22.2 Å². The Morgan fingerprint density at radius 1 is 1.42 bits per heavy atom. The summed E-state index contributed by atoms with van der Waals surface area (Å²) in [6.07, 6.45) is 2.21. The molecule has 0 atom stereocenters. The second-order valence-corrected chi connectivity index (χ2v) is 6.42. The molecule has 1 amide bonds. The molecule has 0 bridgehead atoms. The fraction of sp³-hybridized carbons (Fsp3) is 0.533. The van der Waals surface area contributed by atoms with E-state index in [1.165, 1.54) is 5.56 Å². The maximum atomic E-state index is 12.4. The molecule has 4 heteroatoms. The average Bonchev–Trinajstić information content (AvgIpc) is 2.42. The largest absolute Gasteiger partial charge is 0.339 e. The zero-order valence-electron chi connectivity index (χ0n) is 11.6. The molecule has 2 rings (SSSR count). The molecule has 1 aliphatic heterocycles. The van der Waals surface area contributed by atoms with E-state index in [4.69, 9.17) is 0 Å². The predicted octanol–water partition coefficient (Wildman–Crippen LogP) is 2.67. The third-order valence-corrected chi connectivity index (χ3v) is 4.98. The smallest absolute Gasteiger partial charge is 0.253 e. The van der Waals surface area contributed by atoms with Crippen molar-refractivity contribution in [1.29, 1.82) is 0 Å². The Kier molecular flexibility index (Phi) is 5.21. The number of nitrogens with one attached hydrogen (secondary N) is 1. The van der Waals surface area contributed by atoms with Gasteiger partial charge in [0.15, 0.2) is 0 Å². The van der Waals surface area contributed by atoms with E-state index in [1.54, 1.807) is 0 Å². The minimum absolute atomic E-state index is 0.181. The van der Waals surface area contributed by atoms with Gasteiger partial charge in [-0.2, -0.15) is 0 Å². The maximum Gasteiger partial charge on any atom is 0.253 e. The number of aryl methyl sites for hydroxylation is 1. The zero-order chi connectivity index (χ0) is 13.8. The van der Waals surface area contributed by atoms with Crippen molar-refractivity contribution in [1.82, 2.24) is 10.2 Å². The van der Waals surface area contributed by atoms with Crippen LogP contribution in [-0.2, 0) is 0 Å². The Balaban J connectivity index is 1.99. The second-order valence-electron chi connectivity index (χ2n) is 5.26. The number of halogens is 1. The van der Waals surface area contributed by atoms with Crippen LogP contribution in [0.15, 0.2) is 18.2 Å². The molecular weight excluding hydrogens is 351 g/mol. The molecule has 0 unspecified atom stereocenters. The molecule has 1 N–H and O–H groups in total. The molecule has 0 aliphatic carbocycles. The summed E-state index contributed by atoms with van der Waals surface area (Å²) >= 11 is 2.29. The standard InChI is InChI=1S/C15H21IN2O/c1-11-3-4-13(9-14(11)16)15(19)18-7-5-12(6-8-18)10-17-2/h3-4,9,12,17H,5-8,10H2,1-2H3. The molecule has 1 heterocycles. The number of rotatable bonds is 3. The van der Waals surface area contributed by atoms with E-state index in [-0.39, 0.29) is 5.91 Å². The van der Waals surface area contributed by atoms with Gasteiger partial charge in [-0.05, 0) is 79.6 Å². The van der Waals surface area contributed by atoms with Gasteiger partial charge in [-0.25, -0.2) is 0 Å². The van der Waals surface area contributed by atoms with Crippen molar-refractivity contribution in [3.8, 4) is 0 Å². The van der Waals surface area contributed by atoms with Crippen LogP contribution in [0.3, 0.4) is 0 Å². The molecule has 19 heavy (non-hydrogen) atoms. The average molecular weight is 372 g/mol. The number of hydrogen-bond donors (Lipinski definition) is 1. The first-order chi connectivity index (χ1) is 9.11. The number of piperidine rings is 1. The Labute approximate surface area is 128 Å². The molecule has 1 fully saturated rings. The van der Waals surface area contributed by atoms with Gasteiger partial charge in [0.05, 0.1) is 0 Å². The summed E-state index contributed by atoms with van der Waals surface area (Å²) in [5.74, 6) is 0.896. The molecule has 1 aromatic carbocycles. The highest BCUT2D eigenvalue weighted by Crippen LogP contribution is 2.20. The monoisotopic (exact) mass is 372 g/mol. The first kappa shape index (κ1) is 14.8. The van der Waals surface area contributed by atoms with Crippen LogP contribution in [0.5, 0.6) is 0 Å². The Bertz CT molecular complexity index is 453. The summed E-state index contributed by atoms with van der Waals surface area (Å²) in [4.78, 5) is 14.4. The SMILES string of the molecule is CNCC1CCN(C(=O)c2ccc(C)c(I)c2)CC1. The van der Waals surface area contributed by atoms with Gasteiger partial charge in [0.25, 0.3) is 5.91 Å². The number of carbonyl (C=O) groups excluding carboxylic acids is 1. The third kappa shape index (κ3) is 3.69. The minimum atomic E-state index is 0.181. The lowest BCUT2D eigenvalue weighted by Gasteiger charge is -2.32. The van der Waals surface area contributed by atoms with Gasteiger partial charge in [-0.3, -0.25) is 4.79 Å². The van der Waals surface area contributed by atoms with Crippen molar-refractivity contribution in [3.63, 3.8) is 0 Å². The molecule has 1 aliphatic rings. The predicted molar refractivity (Wildman–Crippen MR) is 86.5 cm³/mol. The third-order valence-electron chi connectivity index (χ3n) is 3.81. The number of benzene rings is 1. The van der Waals surface area contributed by atoms with E-state index >= 15 is 0 Å². The zero-order valence-corrected chi connectivity index (χ0v) is 13.7. The van der Waals surface area contributed by atoms with Crippen LogP contribution in [0.1, 0.15) is 28.8 Å². The Morgan fingerprint density at radius 2 is 2.11 bits per heavy atom. The lowest BCUT2D eigenvalue weighted by atomic mass is 9.96. The lowest BCUT2D eigenvalue weighted by Crippen LogP contribution is -2.40. The fourth-order valence-corrected chi connectivity index (χ4v) is 3.05. The van der Waals surface area contributed by atoms with E-state index in [9.17, 15) is 4.79 Å². The van der Waals surface area contributed by atoms with Gasteiger partial charge >= 0.3 is 0 Å². The van der Waals surface area contributed by atoms with Crippen molar-refractivity contribution in [2.75, 3.05) is 26.7 Å². The number of carbonyl (C=O) groups is 1. The minimum Gasteiger partial charge on any atom is -0.339 e. The van der Waals surface area contributed by atoms with Crippen molar-refractivity contribution in [3.05, 3.63) is 32.9 Å². The normalized spacial score (nSPS) is 16.7. The number of likely N-dealkylation sites (tertiary alicyclic amines) is 1. The Morgan fingerprint density at radius 3 is 2.68 bits per heavy atom. The van der Waals surface area contributed by atoms with Gasteiger partial charge in [0.1, 0.15) is 0 Å². The molecule has 1 saturated heterocycles. The van der Waals surface area contributed by atoms with E-state index < -0.39 is 0 Å². The molecule has 3 nitrogen and oxygen atoms in total. The molecule has 104 valence electrons. The van der Waals surface area contributed by atoms with E-state index in [0.29, 0.717) is 5.92 Å². The summed E-state index contributed by atoms with van der Waals surface area (Å²) in [5, 5.41) is 3.22. The second kappa shape index (κ2) is 6.70. The molecular formula is C15H21IN2O. The molecule has 0 saturated carbocycles. The van der Waals surface area contributed by atoms with Gasteiger partial charge in [0.2, 0.25) is 0 Å².